The van der Waals surface area contributed by atoms with Crippen LogP contribution in [0.4, 0.5) is 4.79 Å². The van der Waals surface area contributed by atoms with Crippen molar-refractivity contribution in [3.05, 3.63) is 0 Å². The Bertz CT molecular complexity index is 463. The molecule has 0 radical (unpaired) electrons. The first-order valence-corrected chi connectivity index (χ1v) is 9.32. The van der Waals surface area contributed by atoms with E-state index in [1.165, 1.54) is 0 Å². The molecular formula is C17H29N3O5. The molecule has 0 unspecified atom stereocenters. The first kappa shape index (κ1) is 18.4. The summed E-state index contributed by atoms with van der Waals surface area (Å²) >= 11 is 0. The first-order chi connectivity index (χ1) is 12.1. The molecule has 0 aromatic heterocycles. The van der Waals surface area contributed by atoms with E-state index < -0.39 is 0 Å². The lowest BCUT2D eigenvalue weighted by molar-refractivity contribution is -0.185. The van der Waals surface area contributed by atoms with Gasteiger partial charge in [-0.1, -0.05) is 0 Å². The molecule has 3 rings (SSSR count). The molecular weight excluding hydrogens is 326 g/mol. The van der Waals surface area contributed by atoms with Crippen molar-refractivity contribution < 1.29 is 23.8 Å². The zero-order valence-corrected chi connectivity index (χ0v) is 15.1. The number of piperazine rings is 1. The minimum Gasteiger partial charge on any atom is -0.450 e. The molecule has 3 saturated heterocycles. The smallest absolute Gasteiger partial charge is 0.409 e. The number of carbonyl (C=O) groups excluding carboxylic acids is 2. The zero-order chi connectivity index (χ0) is 17.7. The van der Waals surface area contributed by atoms with Crippen LogP contribution in [0.2, 0.25) is 0 Å². The van der Waals surface area contributed by atoms with E-state index in [2.05, 4.69) is 4.90 Å². The Morgan fingerprint density at radius 3 is 2.16 bits per heavy atom. The maximum atomic E-state index is 12.4. The van der Waals surface area contributed by atoms with E-state index in [0.717, 1.165) is 32.5 Å². The van der Waals surface area contributed by atoms with Gasteiger partial charge < -0.3 is 28.9 Å². The molecule has 142 valence electrons. The molecule has 1 spiro atoms. The van der Waals surface area contributed by atoms with Crippen molar-refractivity contribution in [1.82, 2.24) is 14.7 Å². The van der Waals surface area contributed by atoms with Crippen LogP contribution >= 0.6 is 0 Å². The Labute approximate surface area is 149 Å². The highest BCUT2D eigenvalue weighted by Gasteiger charge is 2.39. The molecule has 25 heavy (non-hydrogen) atoms. The summed E-state index contributed by atoms with van der Waals surface area (Å²) in [4.78, 5) is 29.9. The highest BCUT2D eigenvalue weighted by Crippen LogP contribution is 2.31. The molecule has 8 nitrogen and oxygen atoms in total. The Kier molecular flexibility index (Phi) is 6.14. The number of rotatable bonds is 4. The number of ether oxygens (including phenoxy) is 3. The highest BCUT2D eigenvalue weighted by atomic mass is 16.7. The Hall–Kier alpha value is -1.38. The number of hydrogen-bond donors (Lipinski definition) is 0. The van der Waals surface area contributed by atoms with Gasteiger partial charge in [0.1, 0.15) is 0 Å². The lowest BCUT2D eigenvalue weighted by atomic mass is 10.0. The normalized spacial score (nSPS) is 23.9. The van der Waals surface area contributed by atoms with Crippen molar-refractivity contribution in [2.45, 2.75) is 32.0 Å². The number of likely N-dealkylation sites (tertiary alicyclic amines) is 1. The highest BCUT2D eigenvalue weighted by molar-refractivity contribution is 5.77. The third-order valence-corrected chi connectivity index (χ3v) is 5.23. The van der Waals surface area contributed by atoms with Gasteiger partial charge in [0.25, 0.3) is 0 Å². The number of carbonyl (C=O) groups is 2. The van der Waals surface area contributed by atoms with Gasteiger partial charge in [0.15, 0.2) is 5.79 Å². The molecule has 3 aliphatic heterocycles. The van der Waals surface area contributed by atoms with Gasteiger partial charge in [-0.15, -0.1) is 0 Å². The largest absolute Gasteiger partial charge is 0.450 e. The standard InChI is InChI=1S/C17H29N3O5/c1-2-23-16(22)20-11-9-19(10-12-20)15(21)3-6-18-7-4-17(5-8-18)24-13-14-25-17/h2-14H2,1H3. The summed E-state index contributed by atoms with van der Waals surface area (Å²) in [6, 6.07) is 0. The fourth-order valence-corrected chi connectivity index (χ4v) is 3.67. The molecule has 2 amide bonds. The summed E-state index contributed by atoms with van der Waals surface area (Å²) in [7, 11) is 0. The number of piperidine rings is 1. The van der Waals surface area contributed by atoms with Crippen LogP contribution in [0.15, 0.2) is 0 Å². The van der Waals surface area contributed by atoms with Gasteiger partial charge in [-0.05, 0) is 6.92 Å². The number of nitrogens with zero attached hydrogens (tertiary/aromatic N) is 3. The Morgan fingerprint density at radius 1 is 0.960 bits per heavy atom. The van der Waals surface area contributed by atoms with E-state index in [1.54, 1.807) is 11.8 Å². The van der Waals surface area contributed by atoms with Crippen LogP contribution in [0.5, 0.6) is 0 Å². The lowest BCUT2D eigenvalue weighted by Crippen LogP contribution is -2.51. The van der Waals surface area contributed by atoms with E-state index in [4.69, 9.17) is 14.2 Å². The van der Waals surface area contributed by atoms with Gasteiger partial charge in [-0.25, -0.2) is 4.79 Å². The van der Waals surface area contributed by atoms with Crippen molar-refractivity contribution in [3.8, 4) is 0 Å². The topological polar surface area (TPSA) is 71.6 Å². The first-order valence-electron chi connectivity index (χ1n) is 9.32. The molecule has 0 atom stereocenters. The van der Waals surface area contributed by atoms with E-state index in [1.807, 2.05) is 4.90 Å². The van der Waals surface area contributed by atoms with Gasteiger partial charge >= 0.3 is 6.09 Å². The van der Waals surface area contributed by atoms with Crippen molar-refractivity contribution in [2.75, 3.05) is 65.6 Å². The Balaban J connectivity index is 1.34. The van der Waals surface area contributed by atoms with Gasteiger partial charge in [-0.3, -0.25) is 4.79 Å². The summed E-state index contributed by atoms with van der Waals surface area (Å²) in [6.07, 6.45) is 1.99. The molecule has 0 bridgehead atoms. The summed E-state index contributed by atoms with van der Waals surface area (Å²) in [5.74, 6) is -0.193. The summed E-state index contributed by atoms with van der Waals surface area (Å²) in [5, 5.41) is 0. The number of hydrogen-bond acceptors (Lipinski definition) is 6. The quantitative estimate of drug-likeness (QED) is 0.732. The van der Waals surface area contributed by atoms with Crippen LogP contribution in [-0.4, -0.2) is 98.1 Å². The summed E-state index contributed by atoms with van der Waals surface area (Å²) in [5.41, 5.74) is 0. The molecule has 3 heterocycles. The molecule has 3 aliphatic rings. The van der Waals surface area contributed by atoms with Gasteiger partial charge in [0, 0.05) is 65.1 Å². The summed E-state index contributed by atoms with van der Waals surface area (Å²) in [6.45, 7) is 8.41. The predicted octanol–water partition coefficient (Wildman–Crippen LogP) is 0.516. The third kappa shape index (κ3) is 4.62. The lowest BCUT2D eigenvalue weighted by Gasteiger charge is -2.38. The third-order valence-electron chi connectivity index (χ3n) is 5.23. The molecule has 3 fully saturated rings. The average molecular weight is 355 g/mol. The SMILES string of the molecule is CCOC(=O)N1CCN(C(=O)CCN2CCC3(CC2)OCCO3)CC1. The van der Waals surface area contributed by atoms with Crippen LogP contribution in [0.25, 0.3) is 0 Å². The van der Waals surface area contributed by atoms with Crippen LogP contribution in [0, 0.1) is 0 Å². The summed E-state index contributed by atoms with van der Waals surface area (Å²) < 4.78 is 16.5. The van der Waals surface area contributed by atoms with Crippen LogP contribution in [-0.2, 0) is 19.0 Å². The second kappa shape index (κ2) is 8.33. The maximum Gasteiger partial charge on any atom is 0.409 e. The van der Waals surface area contributed by atoms with Crippen LogP contribution in [0.1, 0.15) is 26.2 Å². The van der Waals surface area contributed by atoms with E-state index >= 15 is 0 Å². The zero-order valence-electron chi connectivity index (χ0n) is 15.1. The predicted molar refractivity (Wildman–Crippen MR) is 90.1 cm³/mol. The molecule has 0 aromatic carbocycles. The van der Waals surface area contributed by atoms with Crippen molar-refractivity contribution in [1.29, 1.82) is 0 Å². The molecule has 0 aromatic rings. The fraction of sp³-hybridized carbons (Fsp3) is 0.882. The van der Waals surface area contributed by atoms with Gasteiger partial charge in [-0.2, -0.15) is 0 Å². The van der Waals surface area contributed by atoms with Gasteiger partial charge in [0.2, 0.25) is 5.91 Å². The number of amides is 2. The van der Waals surface area contributed by atoms with E-state index in [-0.39, 0.29) is 17.8 Å². The second-order valence-corrected chi connectivity index (χ2v) is 6.77. The maximum absolute atomic E-state index is 12.4. The van der Waals surface area contributed by atoms with Crippen LogP contribution < -0.4 is 0 Å². The monoisotopic (exact) mass is 355 g/mol. The average Bonchev–Trinajstić information content (AvgIpc) is 3.09. The van der Waals surface area contributed by atoms with Crippen molar-refractivity contribution in [2.24, 2.45) is 0 Å². The second-order valence-electron chi connectivity index (χ2n) is 6.77. The van der Waals surface area contributed by atoms with Gasteiger partial charge in [0.05, 0.1) is 19.8 Å². The van der Waals surface area contributed by atoms with Crippen molar-refractivity contribution in [3.63, 3.8) is 0 Å². The molecule has 0 N–H and O–H groups in total. The van der Waals surface area contributed by atoms with Crippen molar-refractivity contribution >= 4 is 12.0 Å². The molecule has 0 aliphatic carbocycles. The van der Waals surface area contributed by atoms with Crippen LogP contribution in [0.3, 0.4) is 0 Å². The van der Waals surface area contributed by atoms with E-state index in [9.17, 15) is 9.59 Å². The fourth-order valence-electron chi connectivity index (χ4n) is 3.67. The minimum absolute atomic E-state index is 0.164. The van der Waals surface area contributed by atoms with E-state index in [0.29, 0.717) is 52.4 Å². The minimum atomic E-state index is -0.357. The molecule has 0 saturated carbocycles. The Morgan fingerprint density at radius 2 is 1.56 bits per heavy atom. The molecule has 8 heteroatoms.